The van der Waals surface area contributed by atoms with Gasteiger partial charge >= 0.3 is 11.2 Å². The second-order valence-corrected chi connectivity index (χ2v) is 5.06. The molecule has 0 saturated carbocycles. The molecule has 1 aromatic heterocycles. The molecule has 0 fully saturated rings. The van der Waals surface area contributed by atoms with E-state index in [1.807, 2.05) is 0 Å². The van der Waals surface area contributed by atoms with Crippen molar-refractivity contribution >= 4 is 22.0 Å². The van der Waals surface area contributed by atoms with Gasteiger partial charge in [0.05, 0.1) is 15.5 Å². The molecule has 9 heteroatoms. The Hall–Kier alpha value is -1.90. The molecule has 0 saturated heterocycles. The minimum Gasteiger partial charge on any atom is -0.381 e. The number of rotatable bonds is 2. The largest absolute Gasteiger partial charge is 0.430 e. The number of aliphatic imine (C=N–C) groups is 1. The highest BCUT2D eigenvalue weighted by atomic mass is 32.1. The molecule has 0 radical (unpaired) electrons. The van der Waals surface area contributed by atoms with E-state index >= 15 is 0 Å². The van der Waals surface area contributed by atoms with Crippen LogP contribution in [0.3, 0.4) is 0 Å². The molecule has 1 aliphatic heterocycles. The SMILES string of the molecule is O=[N+]([O-])c1ccc(C2=NCCCN/C(C(F)(F)F)=C\2)s1. The van der Waals surface area contributed by atoms with Crippen molar-refractivity contribution < 1.29 is 18.1 Å². The van der Waals surface area contributed by atoms with E-state index in [2.05, 4.69) is 10.3 Å². The van der Waals surface area contributed by atoms with E-state index in [9.17, 15) is 23.3 Å². The zero-order valence-electron chi connectivity index (χ0n) is 10.1. The third kappa shape index (κ3) is 3.35. The van der Waals surface area contributed by atoms with Crippen LogP contribution in [-0.2, 0) is 0 Å². The van der Waals surface area contributed by atoms with Gasteiger partial charge in [0.25, 0.3) is 0 Å². The van der Waals surface area contributed by atoms with Crippen molar-refractivity contribution in [2.75, 3.05) is 13.1 Å². The molecule has 1 N–H and O–H groups in total. The Morgan fingerprint density at radius 3 is 2.75 bits per heavy atom. The first-order valence-electron chi connectivity index (χ1n) is 5.70. The van der Waals surface area contributed by atoms with Gasteiger partial charge in [0.1, 0.15) is 5.70 Å². The van der Waals surface area contributed by atoms with E-state index in [0.717, 1.165) is 17.4 Å². The molecule has 0 aliphatic carbocycles. The molecule has 0 unspecified atom stereocenters. The van der Waals surface area contributed by atoms with Gasteiger partial charge in [0.2, 0.25) is 0 Å². The molecule has 0 aromatic carbocycles. The predicted octanol–water partition coefficient (Wildman–Crippen LogP) is 2.88. The van der Waals surface area contributed by atoms with E-state index in [0.29, 0.717) is 17.8 Å². The first-order valence-corrected chi connectivity index (χ1v) is 6.51. The van der Waals surface area contributed by atoms with Gasteiger partial charge in [-0.3, -0.25) is 15.1 Å². The highest BCUT2D eigenvalue weighted by Gasteiger charge is 2.34. The van der Waals surface area contributed by atoms with Crippen molar-refractivity contribution in [2.45, 2.75) is 12.6 Å². The van der Waals surface area contributed by atoms with Crippen LogP contribution in [0.1, 0.15) is 11.3 Å². The van der Waals surface area contributed by atoms with E-state index in [4.69, 9.17) is 0 Å². The number of hydrogen-bond acceptors (Lipinski definition) is 5. The van der Waals surface area contributed by atoms with Crippen molar-refractivity contribution in [1.82, 2.24) is 5.32 Å². The number of allylic oxidation sites excluding steroid dienone is 2. The quantitative estimate of drug-likeness (QED) is 0.675. The van der Waals surface area contributed by atoms with Crippen LogP contribution in [0.2, 0.25) is 0 Å². The zero-order chi connectivity index (χ0) is 14.8. The molecular formula is C11H10F3N3O2S. The third-order valence-corrected chi connectivity index (χ3v) is 3.60. The van der Waals surface area contributed by atoms with Crippen LogP contribution in [0.4, 0.5) is 18.2 Å². The minimum atomic E-state index is -4.50. The molecule has 0 spiro atoms. The average Bonchev–Trinajstić information content (AvgIpc) is 2.76. The van der Waals surface area contributed by atoms with Gasteiger partial charge in [0.15, 0.2) is 0 Å². The summed E-state index contributed by atoms with van der Waals surface area (Å²) in [7, 11) is 0. The monoisotopic (exact) mass is 305 g/mol. The number of nitrogens with one attached hydrogen (secondary N) is 1. The van der Waals surface area contributed by atoms with Crippen molar-refractivity contribution in [3.8, 4) is 0 Å². The summed E-state index contributed by atoms with van der Waals surface area (Å²) in [5.41, 5.74) is -0.769. The van der Waals surface area contributed by atoms with E-state index in [-0.39, 0.29) is 17.3 Å². The van der Waals surface area contributed by atoms with E-state index < -0.39 is 16.8 Å². The fourth-order valence-electron chi connectivity index (χ4n) is 1.63. The van der Waals surface area contributed by atoms with Crippen LogP contribution in [0.25, 0.3) is 0 Å². The number of nitrogens with zero attached hydrogens (tertiary/aromatic N) is 2. The fourth-order valence-corrected chi connectivity index (χ4v) is 2.43. The number of nitro groups is 1. The van der Waals surface area contributed by atoms with Crippen LogP contribution < -0.4 is 5.32 Å². The Morgan fingerprint density at radius 2 is 2.15 bits per heavy atom. The zero-order valence-corrected chi connectivity index (χ0v) is 10.9. The van der Waals surface area contributed by atoms with Crippen LogP contribution in [0, 0.1) is 10.1 Å². The lowest BCUT2D eigenvalue weighted by atomic mass is 10.2. The van der Waals surface area contributed by atoms with Crippen molar-refractivity contribution in [3.05, 3.63) is 38.9 Å². The summed E-state index contributed by atoms with van der Waals surface area (Å²) in [4.78, 5) is 14.5. The van der Waals surface area contributed by atoms with Gasteiger partial charge in [-0.1, -0.05) is 11.3 Å². The third-order valence-electron chi connectivity index (χ3n) is 2.54. The first kappa shape index (κ1) is 14.5. The summed E-state index contributed by atoms with van der Waals surface area (Å²) in [5.74, 6) is 0. The second kappa shape index (κ2) is 5.61. The molecule has 5 nitrogen and oxygen atoms in total. The Labute approximate surface area is 116 Å². The maximum Gasteiger partial charge on any atom is 0.430 e. The highest BCUT2D eigenvalue weighted by molar-refractivity contribution is 7.17. The second-order valence-electron chi connectivity index (χ2n) is 4.00. The van der Waals surface area contributed by atoms with Gasteiger partial charge < -0.3 is 5.32 Å². The van der Waals surface area contributed by atoms with Gasteiger partial charge in [-0.15, -0.1) is 0 Å². The van der Waals surface area contributed by atoms with Gasteiger partial charge in [-0.2, -0.15) is 13.2 Å². The molecule has 0 amide bonds. The number of alkyl halides is 3. The van der Waals surface area contributed by atoms with Crippen LogP contribution >= 0.6 is 11.3 Å². The maximum absolute atomic E-state index is 12.8. The van der Waals surface area contributed by atoms with Crippen LogP contribution in [-0.4, -0.2) is 29.9 Å². The van der Waals surface area contributed by atoms with Gasteiger partial charge in [-0.25, -0.2) is 0 Å². The summed E-state index contributed by atoms with van der Waals surface area (Å²) in [6.45, 7) is 0.558. The number of hydrogen-bond donors (Lipinski definition) is 1. The topological polar surface area (TPSA) is 67.5 Å². The summed E-state index contributed by atoms with van der Waals surface area (Å²) < 4.78 is 38.4. The Balaban J connectivity index is 2.37. The average molecular weight is 305 g/mol. The Bertz CT molecular complexity index is 578. The lowest BCUT2D eigenvalue weighted by Crippen LogP contribution is -2.29. The molecule has 1 aliphatic rings. The summed E-state index contributed by atoms with van der Waals surface area (Å²) in [6, 6.07) is 2.67. The molecule has 0 atom stereocenters. The van der Waals surface area contributed by atoms with E-state index in [1.165, 1.54) is 12.1 Å². The number of halogens is 3. The van der Waals surface area contributed by atoms with Crippen LogP contribution in [0.15, 0.2) is 28.9 Å². The van der Waals surface area contributed by atoms with Crippen LogP contribution in [0.5, 0.6) is 0 Å². The highest BCUT2D eigenvalue weighted by Crippen LogP contribution is 2.28. The summed E-state index contributed by atoms with van der Waals surface area (Å²) in [6.07, 6.45) is -3.14. The molecule has 108 valence electrons. The smallest absolute Gasteiger partial charge is 0.381 e. The molecule has 1 aromatic rings. The molecule has 20 heavy (non-hydrogen) atoms. The van der Waals surface area contributed by atoms with Crippen molar-refractivity contribution in [3.63, 3.8) is 0 Å². The normalized spacial score (nSPS) is 19.1. The van der Waals surface area contributed by atoms with Crippen molar-refractivity contribution in [2.24, 2.45) is 4.99 Å². The molecular weight excluding hydrogens is 295 g/mol. The number of thiophene rings is 1. The lowest BCUT2D eigenvalue weighted by molar-refractivity contribution is -0.380. The lowest BCUT2D eigenvalue weighted by Gasteiger charge is -2.16. The molecule has 2 heterocycles. The predicted molar refractivity (Wildman–Crippen MR) is 69.1 cm³/mol. The Kier molecular flexibility index (Phi) is 4.07. The maximum atomic E-state index is 12.8. The van der Waals surface area contributed by atoms with E-state index in [1.54, 1.807) is 0 Å². The minimum absolute atomic E-state index is 0.114. The summed E-state index contributed by atoms with van der Waals surface area (Å²) >= 11 is 0.807. The van der Waals surface area contributed by atoms with Gasteiger partial charge in [-0.05, 0) is 18.6 Å². The van der Waals surface area contributed by atoms with Gasteiger partial charge in [0, 0.05) is 19.2 Å². The standard InChI is InChI=1S/C11H10F3N3O2S/c12-11(13,14)9-6-7(15-4-1-5-16-9)8-2-3-10(20-8)17(18)19/h2-3,6,16H,1,4-5H2/b9-6-,15-7?. The first-order chi connectivity index (χ1) is 9.38. The fraction of sp³-hybridized carbons (Fsp3) is 0.364. The summed E-state index contributed by atoms with van der Waals surface area (Å²) in [5, 5.41) is 12.8. The van der Waals surface area contributed by atoms with Crippen molar-refractivity contribution in [1.29, 1.82) is 0 Å². The Morgan fingerprint density at radius 1 is 1.40 bits per heavy atom. The molecule has 2 rings (SSSR count). The molecule has 0 bridgehead atoms.